The lowest BCUT2D eigenvalue weighted by atomic mass is 10.1. The summed E-state index contributed by atoms with van der Waals surface area (Å²) in [5.74, 6) is -0.725. The van der Waals surface area contributed by atoms with Crippen LogP contribution in [0.4, 0.5) is 5.69 Å². The molecule has 0 aromatic heterocycles. The van der Waals surface area contributed by atoms with E-state index in [0.29, 0.717) is 23.7 Å². The Bertz CT molecular complexity index is 1120. The molecule has 0 fully saturated rings. The van der Waals surface area contributed by atoms with Crippen LogP contribution < -0.4 is 9.62 Å². The first kappa shape index (κ1) is 27.7. The Balaban J connectivity index is 2.44. The Morgan fingerprint density at radius 3 is 2.35 bits per heavy atom. The van der Waals surface area contributed by atoms with Crippen molar-refractivity contribution in [3.05, 3.63) is 64.2 Å². The fourth-order valence-corrected chi connectivity index (χ4v) is 4.66. The summed E-state index contributed by atoms with van der Waals surface area (Å²) in [6, 6.07) is 11.8. The van der Waals surface area contributed by atoms with Gasteiger partial charge >= 0.3 is 0 Å². The normalized spacial score (nSPS) is 12.2. The maximum Gasteiger partial charge on any atom is 0.244 e. The number of halogens is 1. The molecule has 0 saturated heterocycles. The molecular weight excluding hydrogens is 474 g/mol. The van der Waals surface area contributed by atoms with Gasteiger partial charge in [0.05, 0.1) is 11.9 Å². The quantitative estimate of drug-likeness (QED) is 0.497. The van der Waals surface area contributed by atoms with Crippen molar-refractivity contribution in [2.45, 2.75) is 53.1 Å². The van der Waals surface area contributed by atoms with Crippen LogP contribution in [-0.4, -0.2) is 50.5 Å². The molecule has 2 aromatic rings. The average Bonchev–Trinajstić information content (AvgIpc) is 2.77. The number of hydrogen-bond donors (Lipinski definition) is 1. The molecule has 2 aromatic carbocycles. The fourth-order valence-electron chi connectivity index (χ4n) is 3.64. The minimum absolute atomic E-state index is 0.185. The zero-order valence-electron chi connectivity index (χ0n) is 20.5. The summed E-state index contributed by atoms with van der Waals surface area (Å²) >= 11 is 6.22. The first-order valence-electron chi connectivity index (χ1n) is 11.3. The van der Waals surface area contributed by atoms with Gasteiger partial charge in [-0.2, -0.15) is 0 Å². The van der Waals surface area contributed by atoms with Gasteiger partial charge in [0.25, 0.3) is 0 Å². The van der Waals surface area contributed by atoms with Gasteiger partial charge in [-0.15, -0.1) is 0 Å². The standard InChI is InChI=1S/C25H34ClN3O4S/c1-6-13-27-25(31)23(7-2)28(16-20-10-8-9-18(3)14-20)24(30)17-29(34(5,32)33)21-12-11-19(4)22(26)15-21/h8-12,14-15,23H,6-7,13,16-17H2,1-5H3,(H,27,31)/t23-/m0/s1. The summed E-state index contributed by atoms with van der Waals surface area (Å²) < 4.78 is 26.3. The zero-order chi connectivity index (χ0) is 25.5. The van der Waals surface area contributed by atoms with Crippen molar-refractivity contribution in [1.82, 2.24) is 10.2 Å². The number of carbonyl (C=O) groups excluding carboxylic acids is 2. The summed E-state index contributed by atoms with van der Waals surface area (Å²) in [5.41, 5.74) is 2.98. The van der Waals surface area contributed by atoms with Crippen LogP contribution in [0.2, 0.25) is 5.02 Å². The third kappa shape index (κ3) is 7.46. The number of rotatable bonds is 11. The van der Waals surface area contributed by atoms with Gasteiger partial charge in [-0.05, 0) is 49.9 Å². The molecule has 2 rings (SSSR count). The van der Waals surface area contributed by atoms with Crippen LogP contribution in [0.15, 0.2) is 42.5 Å². The summed E-state index contributed by atoms with van der Waals surface area (Å²) in [7, 11) is -3.80. The molecule has 0 aliphatic rings. The Morgan fingerprint density at radius 1 is 1.09 bits per heavy atom. The van der Waals surface area contributed by atoms with Gasteiger partial charge in [-0.25, -0.2) is 8.42 Å². The second-order valence-corrected chi connectivity index (χ2v) is 10.7. The number of benzene rings is 2. The van der Waals surface area contributed by atoms with Crippen LogP contribution in [0.1, 0.15) is 43.4 Å². The summed E-state index contributed by atoms with van der Waals surface area (Å²) in [6.07, 6.45) is 2.20. The highest BCUT2D eigenvalue weighted by Crippen LogP contribution is 2.25. The minimum Gasteiger partial charge on any atom is -0.354 e. The molecule has 0 radical (unpaired) electrons. The molecular formula is C25H34ClN3O4S. The van der Waals surface area contributed by atoms with Crippen molar-refractivity contribution >= 4 is 39.1 Å². The van der Waals surface area contributed by atoms with Gasteiger partial charge in [0.15, 0.2) is 0 Å². The number of nitrogens with one attached hydrogen (secondary N) is 1. The number of anilines is 1. The maximum atomic E-state index is 13.6. The molecule has 0 aliphatic carbocycles. The highest BCUT2D eigenvalue weighted by molar-refractivity contribution is 7.92. The number of nitrogens with zero attached hydrogens (tertiary/aromatic N) is 2. The molecule has 186 valence electrons. The molecule has 34 heavy (non-hydrogen) atoms. The van der Waals surface area contributed by atoms with Crippen LogP contribution >= 0.6 is 11.6 Å². The van der Waals surface area contributed by atoms with E-state index in [1.165, 1.54) is 11.0 Å². The lowest BCUT2D eigenvalue weighted by Gasteiger charge is -2.33. The van der Waals surface area contributed by atoms with Gasteiger partial charge in [-0.3, -0.25) is 13.9 Å². The first-order chi connectivity index (χ1) is 16.0. The van der Waals surface area contributed by atoms with Crippen LogP contribution in [0.25, 0.3) is 0 Å². The van der Waals surface area contributed by atoms with Crippen molar-refractivity contribution in [2.24, 2.45) is 0 Å². The lowest BCUT2D eigenvalue weighted by molar-refractivity contribution is -0.140. The number of aryl methyl sites for hydroxylation is 2. The number of sulfonamides is 1. The molecule has 0 aliphatic heterocycles. The average molecular weight is 508 g/mol. The van der Waals surface area contributed by atoms with E-state index in [1.54, 1.807) is 12.1 Å². The largest absolute Gasteiger partial charge is 0.354 e. The van der Waals surface area contributed by atoms with Crippen LogP contribution in [0.5, 0.6) is 0 Å². The second kappa shape index (κ2) is 12.2. The van der Waals surface area contributed by atoms with Gasteiger partial charge in [0, 0.05) is 18.1 Å². The Kier molecular flexibility index (Phi) is 9.94. The van der Waals surface area contributed by atoms with E-state index in [0.717, 1.165) is 33.7 Å². The van der Waals surface area contributed by atoms with Crippen molar-refractivity contribution in [2.75, 3.05) is 23.7 Å². The van der Waals surface area contributed by atoms with E-state index >= 15 is 0 Å². The van der Waals surface area contributed by atoms with E-state index in [1.807, 2.05) is 52.0 Å². The van der Waals surface area contributed by atoms with Crippen molar-refractivity contribution in [3.63, 3.8) is 0 Å². The van der Waals surface area contributed by atoms with E-state index in [4.69, 9.17) is 11.6 Å². The predicted molar refractivity (Wildman–Crippen MR) is 137 cm³/mol. The van der Waals surface area contributed by atoms with E-state index in [9.17, 15) is 18.0 Å². The molecule has 7 nitrogen and oxygen atoms in total. The second-order valence-electron chi connectivity index (χ2n) is 8.43. The van der Waals surface area contributed by atoms with E-state index in [2.05, 4.69) is 5.32 Å². The summed E-state index contributed by atoms with van der Waals surface area (Å²) in [5, 5.41) is 3.27. The summed E-state index contributed by atoms with van der Waals surface area (Å²) in [6.45, 7) is 7.79. The van der Waals surface area contributed by atoms with Gasteiger partial charge in [0.2, 0.25) is 21.8 Å². The highest BCUT2D eigenvalue weighted by Gasteiger charge is 2.31. The van der Waals surface area contributed by atoms with Crippen LogP contribution in [-0.2, 0) is 26.2 Å². The lowest BCUT2D eigenvalue weighted by Crippen LogP contribution is -2.52. The number of amides is 2. The molecule has 1 atom stereocenters. The Morgan fingerprint density at radius 2 is 1.79 bits per heavy atom. The predicted octanol–water partition coefficient (Wildman–Crippen LogP) is 4.06. The first-order valence-corrected chi connectivity index (χ1v) is 13.6. The van der Waals surface area contributed by atoms with E-state index < -0.39 is 28.5 Å². The molecule has 0 saturated carbocycles. The monoisotopic (exact) mass is 507 g/mol. The number of carbonyl (C=O) groups is 2. The Hall–Kier alpha value is -2.58. The molecule has 1 N–H and O–H groups in total. The molecule has 0 bridgehead atoms. The fraction of sp³-hybridized carbons (Fsp3) is 0.440. The van der Waals surface area contributed by atoms with Gasteiger partial charge in [-0.1, -0.05) is 61.3 Å². The van der Waals surface area contributed by atoms with E-state index in [-0.39, 0.29) is 12.5 Å². The minimum atomic E-state index is -3.80. The molecule has 2 amide bonds. The Labute approximate surface area is 208 Å². The zero-order valence-corrected chi connectivity index (χ0v) is 22.0. The topological polar surface area (TPSA) is 86.8 Å². The smallest absolute Gasteiger partial charge is 0.244 e. The highest BCUT2D eigenvalue weighted by atomic mass is 35.5. The molecule has 9 heteroatoms. The molecule has 0 unspecified atom stereocenters. The maximum absolute atomic E-state index is 13.6. The summed E-state index contributed by atoms with van der Waals surface area (Å²) in [4.78, 5) is 28.0. The molecule has 0 heterocycles. The van der Waals surface area contributed by atoms with Crippen LogP contribution in [0.3, 0.4) is 0 Å². The SMILES string of the molecule is CCCNC(=O)[C@H](CC)N(Cc1cccc(C)c1)C(=O)CN(c1ccc(C)c(Cl)c1)S(C)(=O)=O. The van der Waals surface area contributed by atoms with Gasteiger partial charge in [0.1, 0.15) is 12.6 Å². The third-order valence-corrected chi connectivity index (χ3v) is 7.04. The van der Waals surface area contributed by atoms with Crippen molar-refractivity contribution in [3.8, 4) is 0 Å². The van der Waals surface area contributed by atoms with Crippen LogP contribution in [0, 0.1) is 13.8 Å². The van der Waals surface area contributed by atoms with Crippen molar-refractivity contribution in [1.29, 1.82) is 0 Å². The number of hydrogen-bond acceptors (Lipinski definition) is 4. The third-order valence-electron chi connectivity index (χ3n) is 5.49. The molecule has 0 spiro atoms. The van der Waals surface area contributed by atoms with Gasteiger partial charge < -0.3 is 10.2 Å². The van der Waals surface area contributed by atoms with Crippen molar-refractivity contribution < 1.29 is 18.0 Å².